The molecule has 4 aromatic rings. The molecule has 1 amide bonds. The lowest BCUT2D eigenvalue weighted by Gasteiger charge is -2.19. The summed E-state index contributed by atoms with van der Waals surface area (Å²) < 4.78 is 22.0. The number of hydrogen-bond donors (Lipinski definition) is 0. The first-order valence-electron chi connectivity index (χ1n) is 10.4. The van der Waals surface area contributed by atoms with Crippen LogP contribution in [0.3, 0.4) is 0 Å². The number of benzene rings is 3. The Morgan fingerprint density at radius 3 is 2.40 bits per heavy atom. The van der Waals surface area contributed by atoms with Gasteiger partial charge in [0.15, 0.2) is 11.5 Å². The predicted octanol–water partition coefficient (Wildman–Crippen LogP) is 6.52. The van der Waals surface area contributed by atoms with Gasteiger partial charge in [0.25, 0.3) is 0 Å². The zero-order valence-corrected chi connectivity index (χ0v) is 20.6. The normalized spacial score (nSPS) is 10.7. The number of carbonyl (C=O) groups excluding carboxylic acids is 1. The minimum Gasteiger partial charge on any atom is -0.493 e. The Labute approximate surface area is 211 Å². The standard InChI is InChI=1S/C25H21Cl2N3O5/c1-30(25(31)34-13-15-6-4-5-7-18(15)26)21-9-8-16(10-19(21)27)35-24-17-11-22(32-2)23(33-3)12-20(17)28-14-29-24/h4-12,14H,13H2,1-3H3. The zero-order chi connectivity index (χ0) is 24.9. The van der Waals surface area contributed by atoms with Gasteiger partial charge in [-0.2, -0.15) is 0 Å². The van der Waals surface area contributed by atoms with E-state index in [1.807, 2.05) is 6.07 Å². The molecule has 0 saturated carbocycles. The summed E-state index contributed by atoms with van der Waals surface area (Å²) in [5.74, 6) is 1.80. The Kier molecular flexibility index (Phi) is 7.43. The van der Waals surface area contributed by atoms with Crippen LogP contribution in [0.15, 0.2) is 60.9 Å². The van der Waals surface area contributed by atoms with Gasteiger partial charge in [0.05, 0.1) is 35.8 Å². The van der Waals surface area contributed by atoms with Gasteiger partial charge < -0.3 is 18.9 Å². The van der Waals surface area contributed by atoms with Gasteiger partial charge in [0.2, 0.25) is 5.88 Å². The van der Waals surface area contributed by atoms with E-state index in [0.29, 0.717) is 50.3 Å². The lowest BCUT2D eigenvalue weighted by Crippen LogP contribution is -2.27. The number of methoxy groups -OCH3 is 2. The SMILES string of the molecule is COc1cc2ncnc(Oc3ccc(N(C)C(=O)OCc4ccccc4Cl)c(Cl)c3)c2cc1OC. The van der Waals surface area contributed by atoms with Crippen LogP contribution in [0.1, 0.15) is 5.56 Å². The summed E-state index contributed by atoms with van der Waals surface area (Å²) in [7, 11) is 4.66. The number of hydrogen-bond acceptors (Lipinski definition) is 7. The minimum absolute atomic E-state index is 0.0384. The highest BCUT2D eigenvalue weighted by Crippen LogP contribution is 2.37. The summed E-state index contributed by atoms with van der Waals surface area (Å²) in [5, 5.41) is 1.44. The maximum absolute atomic E-state index is 12.5. The van der Waals surface area contributed by atoms with E-state index in [1.54, 1.807) is 69.8 Å². The smallest absolute Gasteiger partial charge is 0.414 e. The molecule has 1 aromatic heterocycles. The fourth-order valence-corrected chi connectivity index (χ4v) is 3.81. The fourth-order valence-electron chi connectivity index (χ4n) is 3.33. The van der Waals surface area contributed by atoms with E-state index >= 15 is 0 Å². The van der Waals surface area contributed by atoms with Gasteiger partial charge in [0.1, 0.15) is 18.7 Å². The molecule has 0 N–H and O–H groups in total. The number of amides is 1. The number of nitrogens with zero attached hydrogens (tertiary/aromatic N) is 3. The maximum Gasteiger partial charge on any atom is 0.414 e. The quantitative estimate of drug-likeness (QED) is 0.278. The lowest BCUT2D eigenvalue weighted by atomic mass is 10.2. The summed E-state index contributed by atoms with van der Waals surface area (Å²) in [6.07, 6.45) is 0.811. The van der Waals surface area contributed by atoms with E-state index in [-0.39, 0.29) is 11.6 Å². The van der Waals surface area contributed by atoms with Crippen LogP contribution < -0.4 is 19.1 Å². The third-order valence-corrected chi connectivity index (χ3v) is 5.85. The van der Waals surface area contributed by atoms with E-state index in [4.69, 9.17) is 42.1 Å². The van der Waals surface area contributed by atoms with Gasteiger partial charge in [-0.05, 0) is 24.3 Å². The van der Waals surface area contributed by atoms with Gasteiger partial charge in [0, 0.05) is 29.8 Å². The average molecular weight is 514 g/mol. The Bertz CT molecular complexity index is 1380. The molecule has 0 unspecified atom stereocenters. The first-order valence-corrected chi connectivity index (χ1v) is 11.1. The van der Waals surface area contributed by atoms with Crippen molar-refractivity contribution in [3.05, 3.63) is 76.5 Å². The number of carbonyl (C=O) groups is 1. The van der Waals surface area contributed by atoms with E-state index in [2.05, 4.69) is 9.97 Å². The van der Waals surface area contributed by atoms with Crippen LogP contribution in [0.25, 0.3) is 10.9 Å². The van der Waals surface area contributed by atoms with E-state index < -0.39 is 6.09 Å². The fraction of sp³-hybridized carbons (Fsp3) is 0.160. The van der Waals surface area contributed by atoms with E-state index in [1.165, 1.54) is 11.2 Å². The van der Waals surface area contributed by atoms with Gasteiger partial charge >= 0.3 is 6.09 Å². The molecule has 0 radical (unpaired) electrons. The Morgan fingerprint density at radius 2 is 1.69 bits per heavy atom. The third-order valence-electron chi connectivity index (χ3n) is 5.18. The second-order valence-corrected chi connectivity index (χ2v) is 8.14. The Balaban J connectivity index is 1.52. The molecular formula is C25H21Cl2N3O5. The minimum atomic E-state index is -0.580. The molecule has 0 aliphatic heterocycles. The van der Waals surface area contributed by atoms with E-state index in [0.717, 1.165) is 0 Å². The molecule has 0 bridgehead atoms. The Morgan fingerprint density at radius 1 is 0.943 bits per heavy atom. The van der Waals surface area contributed by atoms with Crippen LogP contribution in [0.5, 0.6) is 23.1 Å². The van der Waals surface area contributed by atoms with Crippen LogP contribution >= 0.6 is 23.2 Å². The van der Waals surface area contributed by atoms with Crippen molar-refractivity contribution >= 4 is 45.9 Å². The molecule has 0 fully saturated rings. The summed E-state index contributed by atoms with van der Waals surface area (Å²) in [4.78, 5) is 22.4. The van der Waals surface area contributed by atoms with E-state index in [9.17, 15) is 4.79 Å². The predicted molar refractivity (Wildman–Crippen MR) is 134 cm³/mol. The van der Waals surface area contributed by atoms with Gasteiger partial charge in [-0.1, -0.05) is 41.4 Å². The maximum atomic E-state index is 12.5. The van der Waals surface area contributed by atoms with Crippen LogP contribution in [-0.2, 0) is 11.3 Å². The van der Waals surface area contributed by atoms with Crippen LogP contribution in [0, 0.1) is 0 Å². The molecule has 0 spiro atoms. The summed E-state index contributed by atoms with van der Waals surface area (Å²) in [5.41, 5.74) is 1.77. The van der Waals surface area contributed by atoms with Gasteiger partial charge in [-0.3, -0.25) is 4.90 Å². The third kappa shape index (κ3) is 5.34. The molecule has 3 aromatic carbocycles. The van der Waals surface area contributed by atoms with Crippen molar-refractivity contribution in [2.75, 3.05) is 26.2 Å². The monoisotopic (exact) mass is 513 g/mol. The van der Waals surface area contributed by atoms with Crippen LogP contribution in [-0.4, -0.2) is 37.3 Å². The Hall–Kier alpha value is -3.75. The van der Waals surface area contributed by atoms with Gasteiger partial charge in [-0.15, -0.1) is 0 Å². The highest BCUT2D eigenvalue weighted by molar-refractivity contribution is 6.34. The average Bonchev–Trinajstić information content (AvgIpc) is 2.87. The second kappa shape index (κ2) is 10.7. The molecule has 0 saturated heterocycles. The number of aromatic nitrogens is 2. The van der Waals surface area contributed by atoms with Crippen molar-refractivity contribution in [3.8, 4) is 23.1 Å². The summed E-state index contributed by atoms with van der Waals surface area (Å²) >= 11 is 12.6. The molecule has 180 valence electrons. The largest absolute Gasteiger partial charge is 0.493 e. The molecule has 4 rings (SSSR count). The number of halogens is 2. The second-order valence-electron chi connectivity index (χ2n) is 7.32. The summed E-state index contributed by atoms with van der Waals surface area (Å²) in [6, 6.07) is 15.5. The summed E-state index contributed by atoms with van der Waals surface area (Å²) in [6.45, 7) is 0.0384. The molecule has 1 heterocycles. The van der Waals surface area contributed by atoms with Crippen molar-refractivity contribution in [3.63, 3.8) is 0 Å². The highest BCUT2D eigenvalue weighted by atomic mass is 35.5. The van der Waals surface area contributed by atoms with Crippen molar-refractivity contribution in [2.24, 2.45) is 0 Å². The number of anilines is 1. The van der Waals surface area contributed by atoms with Crippen LogP contribution in [0.4, 0.5) is 10.5 Å². The molecule has 8 nitrogen and oxygen atoms in total. The molecule has 35 heavy (non-hydrogen) atoms. The van der Waals surface area contributed by atoms with Crippen LogP contribution in [0.2, 0.25) is 10.0 Å². The molecule has 0 atom stereocenters. The topological polar surface area (TPSA) is 83.0 Å². The van der Waals surface area contributed by atoms with Gasteiger partial charge in [-0.25, -0.2) is 14.8 Å². The van der Waals surface area contributed by atoms with Crippen molar-refractivity contribution in [1.29, 1.82) is 0 Å². The molecule has 10 heteroatoms. The molecule has 0 aliphatic rings. The number of rotatable bonds is 7. The van der Waals surface area contributed by atoms with Crippen molar-refractivity contribution in [2.45, 2.75) is 6.61 Å². The highest BCUT2D eigenvalue weighted by Gasteiger charge is 2.18. The zero-order valence-electron chi connectivity index (χ0n) is 19.1. The van der Waals surface area contributed by atoms with Crippen molar-refractivity contribution in [1.82, 2.24) is 9.97 Å². The number of fused-ring (bicyclic) bond motifs is 1. The molecular weight excluding hydrogens is 493 g/mol. The van der Waals surface area contributed by atoms with Crippen molar-refractivity contribution < 1.29 is 23.7 Å². The number of ether oxygens (including phenoxy) is 4. The lowest BCUT2D eigenvalue weighted by molar-refractivity contribution is 0.148. The molecule has 0 aliphatic carbocycles. The first kappa shape index (κ1) is 24.4. The first-order chi connectivity index (χ1) is 16.9.